The Kier molecular flexibility index (Phi) is 9.15. The Bertz CT molecular complexity index is 1350. The highest BCUT2D eigenvalue weighted by Gasteiger charge is 2.43. The zero-order valence-electron chi connectivity index (χ0n) is 24.0. The fraction of sp³-hybridized carbons (Fsp3) is 0.278. The van der Waals surface area contributed by atoms with E-state index in [1.807, 2.05) is 128 Å². The number of nitrogens with zero attached hydrogens (tertiary/aromatic N) is 1. The molecule has 1 heterocycles. The Morgan fingerprint density at radius 1 is 0.833 bits per heavy atom. The van der Waals surface area contributed by atoms with Crippen molar-refractivity contribution in [2.75, 3.05) is 13.2 Å². The fourth-order valence-corrected chi connectivity index (χ4v) is 5.75. The highest BCUT2D eigenvalue weighted by Crippen LogP contribution is 2.41. The summed E-state index contributed by atoms with van der Waals surface area (Å²) in [6, 6.07) is 39.3. The van der Waals surface area contributed by atoms with E-state index in [0.717, 1.165) is 22.3 Å². The number of carbonyl (C=O) groups excluding carboxylic acids is 2. The summed E-state index contributed by atoms with van der Waals surface area (Å²) in [7, 11) is 0. The largest absolute Gasteiger partial charge is 0.447 e. The van der Waals surface area contributed by atoms with Crippen molar-refractivity contribution in [2.45, 2.75) is 38.0 Å². The molecule has 0 radical (unpaired) electrons. The first-order valence-corrected chi connectivity index (χ1v) is 14.4. The second-order valence-electron chi connectivity index (χ2n) is 11.0. The summed E-state index contributed by atoms with van der Waals surface area (Å²) in [6.45, 7) is 3.82. The Morgan fingerprint density at radius 3 is 1.76 bits per heavy atom. The molecule has 0 unspecified atom stereocenters. The molecule has 0 saturated carbocycles. The molecule has 0 spiro atoms. The van der Waals surface area contributed by atoms with Crippen LogP contribution in [0, 0.1) is 11.8 Å². The average Bonchev–Trinajstić information content (AvgIpc) is 3.41. The Labute approximate surface area is 247 Å². The number of rotatable bonds is 11. The molecule has 4 aromatic carbocycles. The first-order chi connectivity index (χ1) is 20.4. The molecule has 0 aromatic heterocycles. The summed E-state index contributed by atoms with van der Waals surface area (Å²) in [5.41, 5.74) is 2.93. The lowest BCUT2D eigenvalue weighted by Gasteiger charge is -2.38. The third-order valence-corrected chi connectivity index (χ3v) is 8.10. The number of cyclic esters (lactones) is 1. The van der Waals surface area contributed by atoms with Gasteiger partial charge < -0.3 is 14.6 Å². The lowest BCUT2D eigenvalue weighted by Crippen LogP contribution is -2.47. The molecular formula is C36H37NO5. The van der Waals surface area contributed by atoms with Crippen molar-refractivity contribution >= 4 is 12.0 Å². The number of aliphatic hydroxyl groups excluding tert-OH is 1. The SMILES string of the molecule is C[C@H](C(=O)N1C(=O)OC[C@@H]1Cc1ccccc1)[C@H](O)[C@@H](C)COC(c1ccccc1)(c1ccccc1)c1ccccc1. The second kappa shape index (κ2) is 13.1. The zero-order chi connectivity index (χ0) is 29.5. The van der Waals surface area contributed by atoms with Crippen molar-refractivity contribution in [2.24, 2.45) is 11.8 Å². The van der Waals surface area contributed by atoms with Gasteiger partial charge in [0.15, 0.2) is 0 Å². The maximum absolute atomic E-state index is 13.6. The van der Waals surface area contributed by atoms with Crippen LogP contribution in [-0.4, -0.2) is 47.4 Å². The molecular weight excluding hydrogens is 526 g/mol. The van der Waals surface area contributed by atoms with E-state index in [1.54, 1.807) is 6.92 Å². The molecule has 42 heavy (non-hydrogen) atoms. The van der Waals surface area contributed by atoms with Crippen LogP contribution in [0.2, 0.25) is 0 Å². The highest BCUT2D eigenvalue weighted by molar-refractivity contribution is 5.95. The first-order valence-electron chi connectivity index (χ1n) is 14.4. The molecule has 1 fully saturated rings. The standard InChI is InChI=1S/C36H37NO5/c1-26(33(38)27(2)34(39)37-32(25-41-35(37)40)23-28-15-7-3-8-16-28)24-42-36(29-17-9-4-10-18-29,30-19-11-5-12-20-30)31-21-13-6-14-22-31/h3-22,26-27,32-33,38H,23-25H2,1-2H3/t26-,27-,32-,33+/m0/s1. The molecule has 1 N–H and O–H groups in total. The van der Waals surface area contributed by atoms with Crippen molar-refractivity contribution in [3.63, 3.8) is 0 Å². The summed E-state index contributed by atoms with van der Waals surface area (Å²) in [5, 5.41) is 11.4. The summed E-state index contributed by atoms with van der Waals surface area (Å²) in [5.74, 6) is -1.71. The normalized spacial score (nSPS) is 17.4. The number of carbonyl (C=O) groups is 2. The second-order valence-corrected chi connectivity index (χ2v) is 11.0. The first kappa shape index (κ1) is 29.2. The average molecular weight is 564 g/mol. The third kappa shape index (κ3) is 6.01. The van der Waals surface area contributed by atoms with Crippen molar-refractivity contribution in [1.82, 2.24) is 4.90 Å². The Morgan fingerprint density at radius 2 is 1.29 bits per heavy atom. The van der Waals surface area contributed by atoms with Crippen LogP contribution in [0.1, 0.15) is 36.1 Å². The van der Waals surface area contributed by atoms with Crippen LogP contribution in [0.25, 0.3) is 0 Å². The predicted octanol–water partition coefficient (Wildman–Crippen LogP) is 6.22. The lowest BCUT2D eigenvalue weighted by atomic mass is 9.80. The molecule has 1 aliphatic heterocycles. The number of benzene rings is 4. The molecule has 4 atom stereocenters. The minimum Gasteiger partial charge on any atom is -0.447 e. The molecule has 6 heteroatoms. The molecule has 216 valence electrons. The van der Waals surface area contributed by atoms with Gasteiger partial charge in [-0.3, -0.25) is 4.79 Å². The Balaban J connectivity index is 1.37. The van der Waals surface area contributed by atoms with Gasteiger partial charge in [0.2, 0.25) is 5.91 Å². The zero-order valence-corrected chi connectivity index (χ0v) is 24.0. The maximum Gasteiger partial charge on any atom is 0.416 e. The Hall–Kier alpha value is -4.26. The number of hydrogen-bond acceptors (Lipinski definition) is 5. The summed E-state index contributed by atoms with van der Waals surface area (Å²) >= 11 is 0. The predicted molar refractivity (Wildman–Crippen MR) is 162 cm³/mol. The maximum atomic E-state index is 13.6. The van der Waals surface area contributed by atoms with Crippen LogP contribution in [0.5, 0.6) is 0 Å². The summed E-state index contributed by atoms with van der Waals surface area (Å²) in [6.07, 6.45) is -1.23. The van der Waals surface area contributed by atoms with E-state index in [2.05, 4.69) is 0 Å². The van der Waals surface area contributed by atoms with E-state index >= 15 is 0 Å². The number of aliphatic hydroxyl groups is 1. The van der Waals surface area contributed by atoms with Crippen LogP contribution in [0.3, 0.4) is 0 Å². The lowest BCUT2D eigenvalue weighted by molar-refractivity contribution is -0.138. The molecule has 1 saturated heterocycles. The number of hydrogen-bond donors (Lipinski definition) is 1. The van der Waals surface area contributed by atoms with Gasteiger partial charge in [-0.15, -0.1) is 0 Å². The number of imide groups is 1. The van der Waals surface area contributed by atoms with Gasteiger partial charge in [0, 0.05) is 5.92 Å². The van der Waals surface area contributed by atoms with E-state index in [1.165, 1.54) is 4.90 Å². The summed E-state index contributed by atoms with van der Waals surface area (Å²) < 4.78 is 12.1. The van der Waals surface area contributed by atoms with Gasteiger partial charge in [0.1, 0.15) is 12.2 Å². The quantitative estimate of drug-likeness (QED) is 0.219. The number of amides is 2. The molecule has 5 rings (SSSR count). The van der Waals surface area contributed by atoms with Gasteiger partial charge in [-0.05, 0) is 28.7 Å². The number of ether oxygens (including phenoxy) is 2. The molecule has 1 aliphatic rings. The van der Waals surface area contributed by atoms with Gasteiger partial charge >= 0.3 is 6.09 Å². The van der Waals surface area contributed by atoms with Crippen LogP contribution < -0.4 is 0 Å². The van der Waals surface area contributed by atoms with Crippen LogP contribution in [0.4, 0.5) is 4.79 Å². The van der Waals surface area contributed by atoms with E-state index in [4.69, 9.17) is 9.47 Å². The highest BCUT2D eigenvalue weighted by atomic mass is 16.6. The van der Waals surface area contributed by atoms with Crippen molar-refractivity contribution in [1.29, 1.82) is 0 Å². The van der Waals surface area contributed by atoms with Crippen LogP contribution >= 0.6 is 0 Å². The summed E-state index contributed by atoms with van der Waals surface area (Å²) in [4.78, 5) is 27.4. The minimum absolute atomic E-state index is 0.134. The van der Waals surface area contributed by atoms with E-state index < -0.39 is 41.6 Å². The van der Waals surface area contributed by atoms with E-state index in [-0.39, 0.29) is 13.2 Å². The minimum atomic E-state index is -1.05. The van der Waals surface area contributed by atoms with Gasteiger partial charge in [0.05, 0.1) is 24.7 Å². The van der Waals surface area contributed by atoms with Crippen molar-refractivity contribution in [3.05, 3.63) is 144 Å². The topological polar surface area (TPSA) is 76.1 Å². The van der Waals surface area contributed by atoms with E-state index in [9.17, 15) is 14.7 Å². The monoisotopic (exact) mass is 563 g/mol. The van der Waals surface area contributed by atoms with Gasteiger partial charge in [-0.25, -0.2) is 9.69 Å². The third-order valence-electron chi connectivity index (χ3n) is 8.10. The molecule has 0 bridgehead atoms. The molecule has 4 aromatic rings. The fourth-order valence-electron chi connectivity index (χ4n) is 5.75. The molecule has 0 aliphatic carbocycles. The van der Waals surface area contributed by atoms with Crippen molar-refractivity contribution < 1.29 is 24.2 Å². The van der Waals surface area contributed by atoms with Gasteiger partial charge in [-0.1, -0.05) is 135 Å². The van der Waals surface area contributed by atoms with Gasteiger partial charge in [-0.2, -0.15) is 0 Å². The van der Waals surface area contributed by atoms with Crippen LogP contribution in [-0.2, 0) is 26.3 Å². The smallest absolute Gasteiger partial charge is 0.416 e. The molecule has 6 nitrogen and oxygen atoms in total. The van der Waals surface area contributed by atoms with Gasteiger partial charge in [0.25, 0.3) is 0 Å². The molecule has 2 amide bonds. The van der Waals surface area contributed by atoms with Crippen LogP contribution in [0.15, 0.2) is 121 Å². The van der Waals surface area contributed by atoms with E-state index in [0.29, 0.717) is 6.42 Å². The van der Waals surface area contributed by atoms with Crippen molar-refractivity contribution in [3.8, 4) is 0 Å².